The van der Waals surface area contributed by atoms with E-state index in [2.05, 4.69) is 106 Å². The Balaban J connectivity index is 1.35. The van der Waals surface area contributed by atoms with Gasteiger partial charge in [-0.05, 0) is 54.6 Å². The number of furan rings is 1. The fourth-order valence-corrected chi connectivity index (χ4v) is 6.86. The molecule has 5 nitrogen and oxygen atoms in total. The molecule has 0 radical (unpaired) electrons. The maximum atomic E-state index is 6.67. The van der Waals surface area contributed by atoms with Gasteiger partial charge >= 0.3 is 6.01 Å². The van der Waals surface area contributed by atoms with Gasteiger partial charge in [0.25, 0.3) is 0 Å². The molecular weight excluding hydrogens is 518 g/mol. The Hall–Kier alpha value is -5.81. The van der Waals surface area contributed by atoms with Gasteiger partial charge in [-0.3, -0.25) is 4.57 Å². The number of nitrogens with zero attached hydrogens (tertiary/aromatic N) is 3. The van der Waals surface area contributed by atoms with Crippen LogP contribution >= 0.6 is 0 Å². The predicted octanol–water partition coefficient (Wildman–Crippen LogP) is 9.92. The van der Waals surface area contributed by atoms with Crippen molar-refractivity contribution in [3.63, 3.8) is 0 Å². The minimum absolute atomic E-state index is 0.542. The molecular formula is C37H21N3O2. The zero-order chi connectivity index (χ0) is 27.4. The molecule has 0 saturated carbocycles. The molecule has 42 heavy (non-hydrogen) atoms. The Morgan fingerprint density at radius 1 is 0.429 bits per heavy atom. The Labute approximate surface area is 238 Å². The summed E-state index contributed by atoms with van der Waals surface area (Å²) in [5, 5.41) is 6.77. The van der Waals surface area contributed by atoms with Gasteiger partial charge < -0.3 is 13.4 Å². The standard InChI is InChI=1S/C37H21N3O2/c1-2-10-22(11-3-1)39-27-15-7-4-12-23(27)33-29(39)19-20-30-34(33)24-13-5-8-16-28(24)40(30)37-38-26-18-21-32-35(36(26)42-37)25-14-6-9-17-31(25)41-32/h1-21H. The van der Waals surface area contributed by atoms with E-state index in [4.69, 9.17) is 13.8 Å². The molecule has 0 atom stereocenters. The van der Waals surface area contributed by atoms with E-state index in [1.54, 1.807) is 0 Å². The molecule has 0 aliphatic rings. The van der Waals surface area contributed by atoms with Crippen LogP contribution in [0.25, 0.3) is 88.4 Å². The van der Waals surface area contributed by atoms with E-state index in [0.29, 0.717) is 6.01 Å². The molecule has 5 heteroatoms. The number of fused-ring (bicyclic) bond motifs is 12. The van der Waals surface area contributed by atoms with Crippen molar-refractivity contribution in [2.24, 2.45) is 0 Å². The average Bonchev–Trinajstić information content (AvgIpc) is 3.79. The molecule has 0 saturated heterocycles. The van der Waals surface area contributed by atoms with Crippen molar-refractivity contribution in [3.05, 3.63) is 127 Å². The molecule has 10 rings (SSSR count). The highest BCUT2D eigenvalue weighted by molar-refractivity contribution is 6.29. The van der Waals surface area contributed by atoms with Crippen LogP contribution in [0.2, 0.25) is 0 Å². The number of hydrogen-bond acceptors (Lipinski definition) is 3. The van der Waals surface area contributed by atoms with Crippen LogP contribution in [0, 0.1) is 0 Å². The van der Waals surface area contributed by atoms with Gasteiger partial charge in [-0.1, -0.05) is 72.8 Å². The van der Waals surface area contributed by atoms with Crippen molar-refractivity contribution in [1.29, 1.82) is 0 Å². The first kappa shape index (κ1) is 21.9. The van der Waals surface area contributed by atoms with Gasteiger partial charge in [0.1, 0.15) is 16.7 Å². The summed E-state index contributed by atoms with van der Waals surface area (Å²) in [4.78, 5) is 5.04. The second-order valence-electron chi connectivity index (χ2n) is 10.8. The van der Waals surface area contributed by atoms with Gasteiger partial charge in [-0.15, -0.1) is 0 Å². The fourth-order valence-electron chi connectivity index (χ4n) is 6.86. The molecule has 0 spiro atoms. The van der Waals surface area contributed by atoms with E-state index >= 15 is 0 Å². The quantitative estimate of drug-likeness (QED) is 0.220. The van der Waals surface area contributed by atoms with Gasteiger partial charge in [-0.2, -0.15) is 4.98 Å². The second-order valence-corrected chi connectivity index (χ2v) is 10.8. The van der Waals surface area contributed by atoms with Gasteiger partial charge in [0.05, 0.1) is 27.5 Å². The first-order valence-corrected chi connectivity index (χ1v) is 14.1. The molecule has 0 aliphatic heterocycles. The van der Waals surface area contributed by atoms with Crippen LogP contribution < -0.4 is 0 Å². The highest BCUT2D eigenvalue weighted by Crippen LogP contribution is 2.43. The minimum Gasteiger partial charge on any atom is -0.456 e. The summed E-state index contributed by atoms with van der Waals surface area (Å²) in [6.45, 7) is 0. The van der Waals surface area contributed by atoms with Crippen LogP contribution in [0.5, 0.6) is 0 Å². The van der Waals surface area contributed by atoms with E-state index in [0.717, 1.165) is 55.1 Å². The average molecular weight is 540 g/mol. The van der Waals surface area contributed by atoms with Crippen LogP contribution in [0.1, 0.15) is 0 Å². The summed E-state index contributed by atoms with van der Waals surface area (Å²) in [5.41, 5.74) is 8.77. The highest BCUT2D eigenvalue weighted by atomic mass is 16.4. The number of hydrogen-bond donors (Lipinski definition) is 0. The first-order valence-electron chi connectivity index (χ1n) is 14.1. The lowest BCUT2D eigenvalue weighted by Crippen LogP contribution is -1.94. The summed E-state index contributed by atoms with van der Waals surface area (Å²) in [6.07, 6.45) is 0. The second kappa shape index (κ2) is 7.89. The van der Waals surface area contributed by atoms with Gasteiger partial charge in [0.2, 0.25) is 0 Å². The largest absolute Gasteiger partial charge is 0.456 e. The molecule has 0 N–H and O–H groups in total. The maximum absolute atomic E-state index is 6.67. The summed E-state index contributed by atoms with van der Waals surface area (Å²) in [6, 6.07) is 44.8. The summed E-state index contributed by atoms with van der Waals surface area (Å²) >= 11 is 0. The molecule has 0 unspecified atom stereocenters. The van der Waals surface area contributed by atoms with Crippen molar-refractivity contribution < 1.29 is 8.83 Å². The van der Waals surface area contributed by atoms with E-state index in [-0.39, 0.29) is 0 Å². The first-order chi connectivity index (χ1) is 20.8. The van der Waals surface area contributed by atoms with E-state index < -0.39 is 0 Å². The van der Waals surface area contributed by atoms with Crippen molar-refractivity contribution in [1.82, 2.24) is 14.1 Å². The normalized spacial score (nSPS) is 12.3. The number of benzene rings is 6. The molecule has 10 aromatic rings. The van der Waals surface area contributed by atoms with E-state index in [9.17, 15) is 0 Å². The SMILES string of the molecule is c1ccc(-n2c3ccccc3c3c4c5ccccc5n(-c5nc6ccc7oc8ccccc8c7c6o5)c4ccc32)cc1. The molecule has 0 bridgehead atoms. The molecule has 4 heterocycles. The predicted molar refractivity (Wildman–Crippen MR) is 170 cm³/mol. The highest BCUT2D eigenvalue weighted by Gasteiger charge is 2.23. The zero-order valence-corrected chi connectivity index (χ0v) is 22.3. The molecule has 4 aromatic heterocycles. The van der Waals surface area contributed by atoms with Crippen LogP contribution in [-0.4, -0.2) is 14.1 Å². The lowest BCUT2D eigenvalue weighted by molar-refractivity contribution is 0.577. The monoisotopic (exact) mass is 539 g/mol. The van der Waals surface area contributed by atoms with Gasteiger partial charge in [0.15, 0.2) is 5.58 Å². The van der Waals surface area contributed by atoms with Crippen molar-refractivity contribution in [2.75, 3.05) is 0 Å². The molecule has 0 aliphatic carbocycles. The van der Waals surface area contributed by atoms with E-state index in [1.807, 2.05) is 30.3 Å². The number of rotatable bonds is 2. The number of oxazole rings is 1. The van der Waals surface area contributed by atoms with Crippen LogP contribution in [-0.2, 0) is 0 Å². The molecule has 196 valence electrons. The van der Waals surface area contributed by atoms with Crippen LogP contribution in [0.3, 0.4) is 0 Å². The third-order valence-electron chi connectivity index (χ3n) is 8.56. The lowest BCUT2D eigenvalue weighted by Gasteiger charge is -2.07. The smallest absolute Gasteiger partial charge is 0.307 e. The Morgan fingerprint density at radius 3 is 1.81 bits per heavy atom. The molecule has 0 fully saturated rings. The summed E-state index contributed by atoms with van der Waals surface area (Å²) < 4.78 is 17.3. The van der Waals surface area contributed by atoms with Gasteiger partial charge in [0, 0.05) is 32.6 Å². The maximum Gasteiger partial charge on any atom is 0.307 e. The topological polar surface area (TPSA) is 49.0 Å². The fraction of sp³-hybridized carbons (Fsp3) is 0. The van der Waals surface area contributed by atoms with Crippen LogP contribution in [0.4, 0.5) is 0 Å². The number of para-hydroxylation sites is 4. The van der Waals surface area contributed by atoms with Crippen molar-refractivity contribution in [3.8, 4) is 11.7 Å². The third kappa shape index (κ3) is 2.74. The van der Waals surface area contributed by atoms with E-state index in [1.165, 1.54) is 27.2 Å². The minimum atomic E-state index is 0.542. The van der Waals surface area contributed by atoms with Crippen LogP contribution in [0.15, 0.2) is 136 Å². The third-order valence-corrected chi connectivity index (χ3v) is 8.56. The zero-order valence-electron chi connectivity index (χ0n) is 22.3. The van der Waals surface area contributed by atoms with Gasteiger partial charge in [-0.25, -0.2) is 0 Å². The Bertz CT molecular complexity index is 2690. The lowest BCUT2D eigenvalue weighted by atomic mass is 10.1. The number of aromatic nitrogens is 3. The van der Waals surface area contributed by atoms with Crippen molar-refractivity contribution >= 4 is 76.6 Å². The molecule has 0 amide bonds. The molecule has 6 aromatic carbocycles. The Morgan fingerprint density at radius 2 is 1.05 bits per heavy atom. The summed E-state index contributed by atoms with van der Waals surface area (Å²) in [7, 11) is 0. The summed E-state index contributed by atoms with van der Waals surface area (Å²) in [5.74, 6) is 0. The van der Waals surface area contributed by atoms with Crippen molar-refractivity contribution in [2.45, 2.75) is 0 Å². The Kier molecular flexibility index (Phi) is 4.12.